The van der Waals surface area contributed by atoms with Gasteiger partial charge in [0.1, 0.15) is 11.8 Å². The van der Waals surface area contributed by atoms with E-state index in [2.05, 4.69) is 10.4 Å². The van der Waals surface area contributed by atoms with E-state index in [1.54, 1.807) is 13.3 Å². The van der Waals surface area contributed by atoms with E-state index in [0.717, 1.165) is 28.1 Å². The molecule has 0 saturated heterocycles. The molecule has 0 bridgehead atoms. The predicted octanol–water partition coefficient (Wildman–Crippen LogP) is 4.08. The second kappa shape index (κ2) is 9.32. The lowest BCUT2D eigenvalue weighted by Gasteiger charge is -2.21. The molecule has 1 amide bonds. The summed E-state index contributed by atoms with van der Waals surface area (Å²) < 4.78 is 8.75. The number of aromatic nitrogens is 3. The van der Waals surface area contributed by atoms with Gasteiger partial charge in [-0.1, -0.05) is 43.3 Å². The number of nitrogens with zero attached hydrogens (tertiary/aromatic N) is 3. The molecule has 170 valence electrons. The van der Waals surface area contributed by atoms with Crippen LogP contribution < -0.4 is 15.6 Å². The topological polar surface area (TPSA) is 78.2 Å². The molecule has 1 atom stereocenters. The second-order valence-electron chi connectivity index (χ2n) is 7.98. The Morgan fingerprint density at radius 2 is 1.76 bits per heavy atom. The number of nitrogens with one attached hydrogen (secondary N) is 1. The van der Waals surface area contributed by atoms with Gasteiger partial charge in [-0.25, -0.2) is 0 Å². The SMILES string of the molecule is CC[C@@H](C(=O)NCc1ccccc1OC)n1c(C)c2cnn(-c3ccccc3)c(=O)c2c1C. The Kier molecular flexibility index (Phi) is 6.31. The Bertz CT molecular complexity index is 1360. The van der Waals surface area contributed by atoms with Crippen molar-refractivity contribution in [2.75, 3.05) is 7.11 Å². The van der Waals surface area contributed by atoms with Gasteiger partial charge in [0.15, 0.2) is 0 Å². The number of hydrogen-bond acceptors (Lipinski definition) is 4. The smallest absolute Gasteiger partial charge is 0.281 e. The van der Waals surface area contributed by atoms with E-state index in [0.29, 0.717) is 24.0 Å². The maximum Gasteiger partial charge on any atom is 0.281 e. The van der Waals surface area contributed by atoms with Gasteiger partial charge < -0.3 is 14.6 Å². The van der Waals surface area contributed by atoms with Gasteiger partial charge in [0.2, 0.25) is 5.91 Å². The van der Waals surface area contributed by atoms with Crippen LogP contribution in [0.15, 0.2) is 65.6 Å². The maximum atomic E-state index is 13.4. The van der Waals surface area contributed by atoms with E-state index in [1.807, 2.05) is 79.9 Å². The molecule has 2 heterocycles. The molecule has 2 aromatic heterocycles. The number of methoxy groups -OCH3 is 1. The summed E-state index contributed by atoms with van der Waals surface area (Å²) in [5.41, 5.74) is 3.04. The summed E-state index contributed by atoms with van der Waals surface area (Å²) in [6, 6.07) is 16.5. The third kappa shape index (κ3) is 4.02. The van der Waals surface area contributed by atoms with E-state index in [9.17, 15) is 9.59 Å². The number of amides is 1. The lowest BCUT2D eigenvalue weighted by molar-refractivity contribution is -0.124. The van der Waals surface area contributed by atoms with Crippen LogP contribution in [-0.4, -0.2) is 27.4 Å². The highest BCUT2D eigenvalue weighted by Crippen LogP contribution is 2.28. The van der Waals surface area contributed by atoms with Gasteiger partial charge in [-0.3, -0.25) is 9.59 Å². The first-order valence-corrected chi connectivity index (χ1v) is 11.0. The zero-order chi connectivity index (χ0) is 23.5. The van der Waals surface area contributed by atoms with Crippen LogP contribution in [0.5, 0.6) is 5.75 Å². The Morgan fingerprint density at radius 1 is 1.06 bits per heavy atom. The van der Waals surface area contributed by atoms with Gasteiger partial charge >= 0.3 is 0 Å². The summed E-state index contributed by atoms with van der Waals surface area (Å²) in [5, 5.41) is 8.78. The van der Waals surface area contributed by atoms with Gasteiger partial charge in [0.25, 0.3) is 5.56 Å². The third-order valence-corrected chi connectivity index (χ3v) is 6.10. The van der Waals surface area contributed by atoms with Crippen LogP contribution in [0, 0.1) is 13.8 Å². The number of fused-ring (bicyclic) bond motifs is 1. The van der Waals surface area contributed by atoms with E-state index < -0.39 is 6.04 Å². The molecule has 0 aliphatic rings. The van der Waals surface area contributed by atoms with Gasteiger partial charge in [0.05, 0.1) is 24.4 Å². The van der Waals surface area contributed by atoms with Crippen molar-refractivity contribution in [1.29, 1.82) is 0 Å². The number of rotatable bonds is 7. The van der Waals surface area contributed by atoms with Crippen molar-refractivity contribution in [3.8, 4) is 11.4 Å². The summed E-state index contributed by atoms with van der Waals surface area (Å²) >= 11 is 0. The van der Waals surface area contributed by atoms with Crippen molar-refractivity contribution < 1.29 is 9.53 Å². The van der Waals surface area contributed by atoms with Crippen molar-refractivity contribution in [3.05, 3.63) is 88.1 Å². The van der Waals surface area contributed by atoms with Gasteiger partial charge in [-0.15, -0.1) is 0 Å². The fraction of sp³-hybridized carbons (Fsp3) is 0.269. The number of aryl methyl sites for hydroxylation is 2. The highest BCUT2D eigenvalue weighted by molar-refractivity contribution is 5.89. The molecule has 33 heavy (non-hydrogen) atoms. The quantitative estimate of drug-likeness (QED) is 0.466. The van der Waals surface area contributed by atoms with Crippen LogP contribution in [0.4, 0.5) is 0 Å². The first-order valence-electron chi connectivity index (χ1n) is 11.0. The van der Waals surface area contributed by atoms with Crippen molar-refractivity contribution in [2.24, 2.45) is 0 Å². The monoisotopic (exact) mass is 444 g/mol. The molecule has 1 N–H and O–H groups in total. The molecule has 0 radical (unpaired) electrons. The van der Waals surface area contributed by atoms with Crippen molar-refractivity contribution >= 4 is 16.7 Å². The molecule has 0 fully saturated rings. The predicted molar refractivity (Wildman–Crippen MR) is 129 cm³/mol. The summed E-state index contributed by atoms with van der Waals surface area (Å²) in [4.78, 5) is 26.6. The molecular weight excluding hydrogens is 416 g/mol. The molecule has 0 unspecified atom stereocenters. The minimum absolute atomic E-state index is 0.105. The Balaban J connectivity index is 1.71. The van der Waals surface area contributed by atoms with Crippen molar-refractivity contribution in [1.82, 2.24) is 19.7 Å². The number of benzene rings is 2. The third-order valence-electron chi connectivity index (χ3n) is 6.10. The molecule has 0 aliphatic heterocycles. The number of carbonyl (C=O) groups excluding carboxylic acids is 1. The summed E-state index contributed by atoms with van der Waals surface area (Å²) in [6.07, 6.45) is 2.29. The van der Waals surface area contributed by atoms with Crippen LogP contribution in [0.25, 0.3) is 16.5 Å². The first-order chi connectivity index (χ1) is 16.0. The number of carbonyl (C=O) groups is 1. The zero-order valence-corrected chi connectivity index (χ0v) is 19.3. The van der Waals surface area contributed by atoms with E-state index >= 15 is 0 Å². The lowest BCUT2D eigenvalue weighted by Crippen LogP contribution is -2.33. The minimum atomic E-state index is -0.448. The number of ether oxygens (including phenoxy) is 1. The fourth-order valence-corrected chi connectivity index (χ4v) is 4.43. The molecule has 4 rings (SSSR count). The van der Waals surface area contributed by atoms with Gasteiger partial charge in [-0.2, -0.15) is 9.78 Å². The normalized spacial score (nSPS) is 12.0. The van der Waals surface area contributed by atoms with Gasteiger partial charge in [-0.05, 0) is 38.5 Å². The highest BCUT2D eigenvalue weighted by Gasteiger charge is 2.25. The van der Waals surface area contributed by atoms with Crippen LogP contribution in [0.3, 0.4) is 0 Å². The highest BCUT2D eigenvalue weighted by atomic mass is 16.5. The maximum absolute atomic E-state index is 13.4. The first kappa shape index (κ1) is 22.3. The molecule has 0 spiro atoms. The van der Waals surface area contributed by atoms with E-state index in [4.69, 9.17) is 4.74 Å². The molecule has 7 heteroatoms. The molecule has 0 saturated carbocycles. The Morgan fingerprint density at radius 3 is 2.45 bits per heavy atom. The van der Waals surface area contributed by atoms with Crippen LogP contribution >= 0.6 is 0 Å². The fourth-order valence-electron chi connectivity index (χ4n) is 4.43. The van der Waals surface area contributed by atoms with Crippen molar-refractivity contribution in [3.63, 3.8) is 0 Å². The number of hydrogen-bond donors (Lipinski definition) is 1. The zero-order valence-electron chi connectivity index (χ0n) is 19.3. The number of para-hydroxylation sites is 2. The molecule has 0 aliphatic carbocycles. The summed E-state index contributed by atoms with van der Waals surface area (Å²) in [7, 11) is 1.61. The van der Waals surface area contributed by atoms with Crippen molar-refractivity contribution in [2.45, 2.75) is 39.8 Å². The van der Waals surface area contributed by atoms with E-state index in [1.165, 1.54) is 4.68 Å². The molecular formula is C26H28N4O3. The molecule has 2 aromatic carbocycles. The van der Waals surface area contributed by atoms with Crippen LogP contribution in [0.2, 0.25) is 0 Å². The Hall–Kier alpha value is -3.87. The average Bonchev–Trinajstić information content (AvgIpc) is 3.10. The summed E-state index contributed by atoms with van der Waals surface area (Å²) in [6.45, 7) is 6.15. The lowest BCUT2D eigenvalue weighted by atomic mass is 10.1. The minimum Gasteiger partial charge on any atom is -0.496 e. The second-order valence-corrected chi connectivity index (χ2v) is 7.98. The van der Waals surface area contributed by atoms with Crippen LogP contribution in [0.1, 0.15) is 36.3 Å². The van der Waals surface area contributed by atoms with E-state index in [-0.39, 0.29) is 11.5 Å². The molecule has 4 aromatic rings. The van der Waals surface area contributed by atoms with Gasteiger partial charge in [0, 0.05) is 28.9 Å². The van der Waals surface area contributed by atoms with Crippen LogP contribution in [-0.2, 0) is 11.3 Å². The molecule has 7 nitrogen and oxygen atoms in total. The standard InChI is InChI=1S/C26H28N4O3/c1-5-22(25(31)27-15-19-11-9-10-14-23(19)33-4)29-17(2)21-16-28-30(20-12-7-6-8-13-20)26(32)24(21)18(29)3/h6-14,16,22H,5,15H2,1-4H3,(H,27,31)/t22-/m0/s1. The summed E-state index contributed by atoms with van der Waals surface area (Å²) in [5.74, 6) is 0.628. The average molecular weight is 445 g/mol. The largest absolute Gasteiger partial charge is 0.496 e. The Labute approximate surface area is 192 Å².